The molecule has 21 heavy (non-hydrogen) atoms. The van der Waals surface area contributed by atoms with Crippen molar-refractivity contribution in [3.05, 3.63) is 72.6 Å². The fraction of sp³-hybridized carbons (Fsp3) is 0.125. The minimum absolute atomic E-state index is 0.113. The Morgan fingerprint density at radius 2 is 1.67 bits per heavy atom. The van der Waals surface area contributed by atoms with Crippen LogP contribution < -0.4 is 4.31 Å². The molecule has 0 saturated carbocycles. The maximum Gasteiger partial charge on any atom is 0.264 e. The second-order valence-corrected chi connectivity index (χ2v) is 6.48. The van der Waals surface area contributed by atoms with Crippen molar-refractivity contribution in [3.63, 3.8) is 0 Å². The average Bonchev–Trinajstić information content (AvgIpc) is 2.46. The van der Waals surface area contributed by atoms with E-state index >= 15 is 0 Å². The van der Waals surface area contributed by atoms with Crippen molar-refractivity contribution in [1.82, 2.24) is 0 Å². The summed E-state index contributed by atoms with van der Waals surface area (Å²) in [4.78, 5) is 0.194. The third kappa shape index (κ3) is 3.31. The van der Waals surface area contributed by atoms with Crippen LogP contribution in [0.5, 0.6) is 0 Å². The van der Waals surface area contributed by atoms with Crippen molar-refractivity contribution in [2.24, 2.45) is 0 Å². The Bertz CT molecular complexity index is 722. The van der Waals surface area contributed by atoms with E-state index in [4.69, 9.17) is 0 Å². The van der Waals surface area contributed by atoms with Crippen LogP contribution in [0.4, 0.5) is 10.1 Å². The molecule has 0 aliphatic carbocycles. The lowest BCUT2D eigenvalue weighted by atomic mass is 10.2. The molecule has 2 aromatic rings. The maximum absolute atomic E-state index is 13.0. The Morgan fingerprint density at radius 3 is 2.19 bits per heavy atom. The highest BCUT2D eigenvalue weighted by atomic mass is 32.2. The fourth-order valence-corrected chi connectivity index (χ4v) is 3.34. The largest absolute Gasteiger partial charge is 0.264 e. The average molecular weight is 305 g/mol. The smallest absolute Gasteiger partial charge is 0.263 e. The fourth-order valence-electron chi connectivity index (χ4n) is 1.90. The maximum atomic E-state index is 13.0. The van der Waals surface area contributed by atoms with Gasteiger partial charge in [-0.05, 0) is 43.3 Å². The molecule has 0 unspecified atom stereocenters. The second-order valence-electron chi connectivity index (χ2n) is 4.61. The highest BCUT2D eigenvalue weighted by Crippen LogP contribution is 2.24. The van der Waals surface area contributed by atoms with Crippen LogP contribution in [0.15, 0.2) is 66.1 Å². The number of aryl methyl sites for hydroxylation is 1. The van der Waals surface area contributed by atoms with E-state index in [9.17, 15) is 12.8 Å². The zero-order chi connectivity index (χ0) is 15.5. The summed E-state index contributed by atoms with van der Waals surface area (Å²) in [5.74, 6) is -0.412. The normalized spacial score (nSPS) is 11.1. The van der Waals surface area contributed by atoms with E-state index in [-0.39, 0.29) is 11.4 Å². The van der Waals surface area contributed by atoms with Gasteiger partial charge in [-0.3, -0.25) is 4.31 Å². The van der Waals surface area contributed by atoms with Gasteiger partial charge >= 0.3 is 0 Å². The van der Waals surface area contributed by atoms with E-state index in [1.807, 2.05) is 6.92 Å². The Hall–Kier alpha value is -2.14. The predicted octanol–water partition coefficient (Wildman–Crippen LogP) is 3.52. The molecule has 0 N–H and O–H groups in total. The van der Waals surface area contributed by atoms with Crippen molar-refractivity contribution in [2.45, 2.75) is 11.8 Å². The van der Waals surface area contributed by atoms with Gasteiger partial charge in [0.1, 0.15) is 5.82 Å². The van der Waals surface area contributed by atoms with Crippen LogP contribution in [0.1, 0.15) is 5.56 Å². The summed E-state index contributed by atoms with van der Waals surface area (Å²) < 4.78 is 39.6. The van der Waals surface area contributed by atoms with Gasteiger partial charge in [-0.1, -0.05) is 23.8 Å². The van der Waals surface area contributed by atoms with E-state index in [0.717, 1.165) is 5.56 Å². The molecule has 0 heterocycles. The van der Waals surface area contributed by atoms with Gasteiger partial charge in [0.25, 0.3) is 10.0 Å². The number of rotatable bonds is 5. The van der Waals surface area contributed by atoms with E-state index < -0.39 is 15.8 Å². The van der Waals surface area contributed by atoms with Gasteiger partial charge in [0.05, 0.1) is 17.1 Å². The first-order valence-corrected chi connectivity index (χ1v) is 7.85. The van der Waals surface area contributed by atoms with E-state index in [2.05, 4.69) is 6.58 Å². The zero-order valence-electron chi connectivity index (χ0n) is 11.7. The molecule has 0 amide bonds. The Balaban J connectivity index is 2.47. The summed E-state index contributed by atoms with van der Waals surface area (Å²) >= 11 is 0. The van der Waals surface area contributed by atoms with Crippen LogP contribution in [-0.4, -0.2) is 15.0 Å². The van der Waals surface area contributed by atoms with Gasteiger partial charge in [0.2, 0.25) is 0 Å². The molecule has 110 valence electrons. The quantitative estimate of drug-likeness (QED) is 0.793. The molecule has 5 heteroatoms. The molecule has 0 atom stereocenters. The van der Waals surface area contributed by atoms with Gasteiger partial charge in [-0.2, -0.15) is 0 Å². The van der Waals surface area contributed by atoms with E-state index in [0.29, 0.717) is 5.69 Å². The molecule has 0 saturated heterocycles. The van der Waals surface area contributed by atoms with Crippen molar-refractivity contribution in [3.8, 4) is 0 Å². The number of anilines is 1. The molecule has 0 bridgehead atoms. The predicted molar refractivity (Wildman–Crippen MR) is 82.3 cm³/mol. The molecular formula is C16H16FNO2S. The van der Waals surface area contributed by atoms with E-state index in [1.165, 1.54) is 34.6 Å². The SMILES string of the molecule is C=CCN(c1ccc(F)cc1)S(=O)(=O)c1ccc(C)cc1. The molecule has 2 aromatic carbocycles. The molecule has 0 spiro atoms. The van der Waals surface area contributed by atoms with Gasteiger partial charge in [0, 0.05) is 0 Å². The number of halogens is 1. The summed E-state index contributed by atoms with van der Waals surface area (Å²) in [5, 5.41) is 0. The molecule has 3 nitrogen and oxygen atoms in total. The van der Waals surface area contributed by atoms with Crippen LogP contribution in [0.25, 0.3) is 0 Å². The second kappa shape index (κ2) is 6.10. The van der Waals surface area contributed by atoms with E-state index in [1.54, 1.807) is 24.3 Å². The van der Waals surface area contributed by atoms with Crippen molar-refractivity contribution in [1.29, 1.82) is 0 Å². The molecule has 0 aromatic heterocycles. The zero-order valence-corrected chi connectivity index (χ0v) is 12.5. The number of hydrogen-bond acceptors (Lipinski definition) is 2. The Kier molecular flexibility index (Phi) is 4.43. The van der Waals surface area contributed by atoms with Crippen molar-refractivity contribution < 1.29 is 12.8 Å². The minimum atomic E-state index is -3.71. The third-order valence-corrected chi connectivity index (χ3v) is 4.83. The minimum Gasteiger partial charge on any atom is -0.263 e. The highest BCUT2D eigenvalue weighted by Gasteiger charge is 2.23. The number of hydrogen-bond donors (Lipinski definition) is 0. The molecule has 0 aliphatic heterocycles. The lowest BCUT2D eigenvalue weighted by Gasteiger charge is -2.23. The standard InChI is InChI=1S/C16H16FNO2S/c1-3-12-18(15-8-6-14(17)7-9-15)21(19,20)16-10-4-13(2)5-11-16/h3-11H,1,12H2,2H3. The van der Waals surface area contributed by atoms with Gasteiger partial charge < -0.3 is 0 Å². The molecule has 0 fully saturated rings. The molecular weight excluding hydrogens is 289 g/mol. The topological polar surface area (TPSA) is 37.4 Å². The van der Waals surface area contributed by atoms with Gasteiger partial charge in [0.15, 0.2) is 0 Å². The monoisotopic (exact) mass is 305 g/mol. The Morgan fingerprint density at radius 1 is 1.10 bits per heavy atom. The molecule has 2 rings (SSSR count). The third-order valence-electron chi connectivity index (χ3n) is 3.02. The lowest BCUT2D eigenvalue weighted by Crippen LogP contribution is -2.31. The van der Waals surface area contributed by atoms with Crippen LogP contribution in [0.3, 0.4) is 0 Å². The number of nitrogens with zero attached hydrogens (tertiary/aromatic N) is 1. The summed E-state index contributed by atoms with van der Waals surface area (Å²) in [6, 6.07) is 11.9. The highest BCUT2D eigenvalue weighted by molar-refractivity contribution is 7.92. The first-order chi connectivity index (χ1) is 9.95. The summed E-state index contributed by atoms with van der Waals surface area (Å²) in [5.41, 5.74) is 1.38. The van der Waals surface area contributed by atoms with Gasteiger partial charge in [-0.15, -0.1) is 6.58 Å². The first-order valence-electron chi connectivity index (χ1n) is 6.41. The van der Waals surface area contributed by atoms with Gasteiger partial charge in [-0.25, -0.2) is 12.8 Å². The summed E-state index contributed by atoms with van der Waals surface area (Å²) in [6.45, 7) is 5.58. The van der Waals surface area contributed by atoms with Crippen LogP contribution in [-0.2, 0) is 10.0 Å². The van der Waals surface area contributed by atoms with Crippen LogP contribution in [0.2, 0.25) is 0 Å². The number of benzene rings is 2. The first kappa shape index (κ1) is 15.3. The van der Waals surface area contributed by atoms with Crippen LogP contribution in [0, 0.1) is 12.7 Å². The van der Waals surface area contributed by atoms with Crippen molar-refractivity contribution >= 4 is 15.7 Å². The summed E-state index contributed by atoms with van der Waals surface area (Å²) in [7, 11) is -3.71. The summed E-state index contributed by atoms with van der Waals surface area (Å²) in [6.07, 6.45) is 1.50. The number of sulfonamides is 1. The molecule has 0 radical (unpaired) electrons. The van der Waals surface area contributed by atoms with Crippen molar-refractivity contribution in [2.75, 3.05) is 10.8 Å². The molecule has 0 aliphatic rings. The van der Waals surface area contributed by atoms with Crippen LogP contribution >= 0.6 is 0 Å². The lowest BCUT2D eigenvalue weighted by molar-refractivity contribution is 0.592. The Labute approximate surface area is 124 Å².